The number of carbonyl (C=O) groups excluding carboxylic acids is 2. The molecule has 0 radical (unpaired) electrons. The van der Waals surface area contributed by atoms with E-state index in [-0.39, 0.29) is 35.2 Å². The Hall–Kier alpha value is -3.60. The number of hydrogen-bond acceptors (Lipinski definition) is 3. The minimum atomic E-state index is -0.366. The molecule has 38 heavy (non-hydrogen) atoms. The number of allylic oxidation sites excluding steroid dienone is 12. The summed E-state index contributed by atoms with van der Waals surface area (Å²) in [6.07, 6.45) is 32.8. The van der Waals surface area contributed by atoms with Gasteiger partial charge in [-0.25, -0.2) is 0 Å². The Morgan fingerprint density at radius 2 is 1.16 bits per heavy atom. The van der Waals surface area contributed by atoms with Gasteiger partial charge in [0.15, 0.2) is 0 Å². The van der Waals surface area contributed by atoms with E-state index in [9.17, 15) is 14.7 Å². The van der Waals surface area contributed by atoms with Crippen LogP contribution in [0.15, 0.2) is 97.2 Å². The van der Waals surface area contributed by atoms with Gasteiger partial charge in [0.2, 0.25) is 5.91 Å². The van der Waals surface area contributed by atoms with E-state index >= 15 is 0 Å². The van der Waals surface area contributed by atoms with Crippen molar-refractivity contribution in [3.05, 3.63) is 103 Å². The molecule has 0 spiro atoms. The topological polar surface area (TPSA) is 78.4 Å². The third-order valence-corrected chi connectivity index (χ3v) is 5.78. The zero-order valence-corrected chi connectivity index (χ0v) is 23.3. The van der Waals surface area contributed by atoms with Crippen molar-refractivity contribution in [2.45, 2.75) is 84.2 Å². The molecule has 1 aromatic carbocycles. The molecule has 2 unspecified atom stereocenters. The highest BCUT2D eigenvalue weighted by Gasteiger charge is 2.18. The molecule has 0 aliphatic rings. The predicted molar refractivity (Wildman–Crippen MR) is 160 cm³/mol. The summed E-state index contributed by atoms with van der Waals surface area (Å²) < 4.78 is 0. The smallest absolute Gasteiger partial charge is 0.255 e. The van der Waals surface area contributed by atoms with Gasteiger partial charge in [-0.2, -0.15) is 0 Å². The molecule has 0 aliphatic heterocycles. The van der Waals surface area contributed by atoms with Crippen LogP contribution in [0.1, 0.15) is 82.5 Å². The molecule has 2 amide bonds. The van der Waals surface area contributed by atoms with E-state index in [0.717, 1.165) is 38.5 Å². The average molecular weight is 519 g/mol. The van der Waals surface area contributed by atoms with Gasteiger partial charge in [-0.05, 0) is 70.9 Å². The van der Waals surface area contributed by atoms with Crippen molar-refractivity contribution in [1.82, 2.24) is 10.6 Å². The van der Waals surface area contributed by atoms with Crippen molar-refractivity contribution in [3.8, 4) is 5.75 Å². The van der Waals surface area contributed by atoms with E-state index < -0.39 is 0 Å². The van der Waals surface area contributed by atoms with Crippen LogP contribution < -0.4 is 10.6 Å². The van der Waals surface area contributed by atoms with E-state index in [1.807, 2.05) is 19.9 Å². The summed E-state index contributed by atoms with van der Waals surface area (Å²) in [7, 11) is 0. The van der Waals surface area contributed by atoms with E-state index in [1.165, 1.54) is 6.07 Å². The first-order valence-corrected chi connectivity index (χ1v) is 13.7. The molecule has 3 N–H and O–H groups in total. The van der Waals surface area contributed by atoms with Gasteiger partial charge in [-0.3, -0.25) is 9.59 Å². The Morgan fingerprint density at radius 3 is 1.66 bits per heavy atom. The molecule has 0 fully saturated rings. The van der Waals surface area contributed by atoms with Crippen molar-refractivity contribution >= 4 is 11.8 Å². The summed E-state index contributed by atoms with van der Waals surface area (Å²) in [5.74, 6) is -0.486. The molecule has 5 heteroatoms. The Morgan fingerprint density at radius 1 is 0.711 bits per heavy atom. The second kappa shape index (κ2) is 21.5. The number of carbonyl (C=O) groups is 2. The van der Waals surface area contributed by atoms with E-state index in [1.54, 1.807) is 18.2 Å². The van der Waals surface area contributed by atoms with Crippen molar-refractivity contribution in [2.75, 3.05) is 0 Å². The monoisotopic (exact) mass is 518 g/mol. The lowest BCUT2D eigenvalue weighted by Gasteiger charge is -2.22. The van der Waals surface area contributed by atoms with Crippen LogP contribution in [0, 0.1) is 0 Å². The number of amides is 2. The molecular weight excluding hydrogens is 472 g/mol. The van der Waals surface area contributed by atoms with Gasteiger partial charge in [-0.1, -0.05) is 92.0 Å². The average Bonchev–Trinajstić information content (AvgIpc) is 2.90. The Bertz CT molecular complexity index is 986. The largest absolute Gasteiger partial charge is 0.507 e. The normalized spacial score (nSPS) is 14.0. The second-order valence-corrected chi connectivity index (χ2v) is 9.09. The van der Waals surface area contributed by atoms with Gasteiger partial charge in [0, 0.05) is 18.5 Å². The van der Waals surface area contributed by atoms with Crippen molar-refractivity contribution < 1.29 is 14.7 Å². The SMILES string of the molecule is CCC=CCC=CCC=CCC=CCC=CCC=CCCC(=O)NC(C)C(C)NC(=O)c1ccccc1O. The van der Waals surface area contributed by atoms with Gasteiger partial charge < -0.3 is 15.7 Å². The number of hydrogen-bond donors (Lipinski definition) is 3. The summed E-state index contributed by atoms with van der Waals surface area (Å²) in [5.41, 5.74) is 0.218. The van der Waals surface area contributed by atoms with Crippen LogP contribution in [0.25, 0.3) is 0 Å². The van der Waals surface area contributed by atoms with E-state index in [0.29, 0.717) is 12.8 Å². The third kappa shape index (κ3) is 16.2. The maximum atomic E-state index is 12.3. The van der Waals surface area contributed by atoms with Crippen LogP contribution in [0.3, 0.4) is 0 Å². The molecule has 0 saturated heterocycles. The number of aromatic hydroxyl groups is 1. The highest BCUT2D eigenvalue weighted by molar-refractivity contribution is 5.97. The van der Waals surface area contributed by atoms with Gasteiger partial charge in [0.25, 0.3) is 5.91 Å². The van der Waals surface area contributed by atoms with Crippen molar-refractivity contribution in [3.63, 3.8) is 0 Å². The number of para-hydroxylation sites is 1. The first-order valence-electron chi connectivity index (χ1n) is 13.7. The van der Waals surface area contributed by atoms with Crippen LogP contribution >= 0.6 is 0 Å². The first kappa shape index (κ1) is 32.4. The summed E-state index contributed by atoms with van der Waals surface area (Å²) in [6, 6.07) is 5.88. The lowest BCUT2D eigenvalue weighted by molar-refractivity contribution is -0.121. The highest BCUT2D eigenvalue weighted by atomic mass is 16.3. The quantitative estimate of drug-likeness (QED) is 0.176. The number of nitrogens with one attached hydrogen (secondary N) is 2. The minimum Gasteiger partial charge on any atom is -0.507 e. The first-order chi connectivity index (χ1) is 18.5. The molecule has 2 atom stereocenters. The zero-order chi connectivity index (χ0) is 27.8. The summed E-state index contributed by atoms with van der Waals surface area (Å²) in [6.45, 7) is 5.83. The van der Waals surface area contributed by atoms with Crippen LogP contribution in [-0.4, -0.2) is 29.0 Å². The van der Waals surface area contributed by atoms with E-state index in [4.69, 9.17) is 0 Å². The van der Waals surface area contributed by atoms with Crippen LogP contribution in [0.4, 0.5) is 0 Å². The van der Waals surface area contributed by atoms with Crippen LogP contribution in [-0.2, 0) is 4.79 Å². The Labute approximate surface area is 229 Å². The fourth-order valence-corrected chi connectivity index (χ4v) is 3.38. The van der Waals surface area contributed by atoms with Gasteiger partial charge in [0.1, 0.15) is 5.75 Å². The molecule has 206 valence electrons. The Balaban J connectivity index is 2.12. The standard InChI is InChI=1S/C33H46N2O3/c1-4-5-6-7-8-9-10-11-12-13-14-15-16-17-18-19-20-21-22-27-32(37)34-28(2)29(3)35-33(38)30-25-23-24-26-31(30)36/h5-6,8-9,11-12,14-15,17-18,20-21,23-26,28-29,36H,4,7,10,13,16,19,22,27H2,1-3H3,(H,34,37)(H,35,38). The summed E-state index contributed by atoms with van der Waals surface area (Å²) in [5, 5.41) is 15.6. The van der Waals surface area contributed by atoms with Crippen LogP contribution in [0.5, 0.6) is 5.75 Å². The molecule has 1 aromatic rings. The minimum absolute atomic E-state index is 0.0549. The lowest BCUT2D eigenvalue weighted by Crippen LogP contribution is -2.48. The summed E-state index contributed by atoms with van der Waals surface area (Å²) in [4.78, 5) is 24.5. The fraction of sp³-hybridized carbons (Fsp3) is 0.394. The molecule has 5 nitrogen and oxygen atoms in total. The lowest BCUT2D eigenvalue weighted by atomic mass is 10.1. The van der Waals surface area contributed by atoms with Gasteiger partial charge in [0.05, 0.1) is 5.56 Å². The van der Waals surface area contributed by atoms with Crippen LogP contribution in [0.2, 0.25) is 0 Å². The number of benzene rings is 1. The highest BCUT2D eigenvalue weighted by Crippen LogP contribution is 2.15. The third-order valence-electron chi connectivity index (χ3n) is 5.78. The fourth-order valence-electron chi connectivity index (χ4n) is 3.38. The van der Waals surface area contributed by atoms with E-state index in [2.05, 4.69) is 84.4 Å². The molecular formula is C33H46N2O3. The van der Waals surface area contributed by atoms with Gasteiger partial charge >= 0.3 is 0 Å². The molecule has 0 heterocycles. The van der Waals surface area contributed by atoms with Crippen molar-refractivity contribution in [1.29, 1.82) is 0 Å². The van der Waals surface area contributed by atoms with Gasteiger partial charge in [-0.15, -0.1) is 0 Å². The molecule has 0 aromatic heterocycles. The Kier molecular flexibility index (Phi) is 18.3. The molecule has 0 bridgehead atoms. The maximum absolute atomic E-state index is 12.3. The molecule has 1 rings (SSSR count). The second-order valence-electron chi connectivity index (χ2n) is 9.09. The maximum Gasteiger partial charge on any atom is 0.255 e. The predicted octanol–water partition coefficient (Wildman–Crippen LogP) is 7.49. The molecule has 0 saturated carbocycles. The molecule has 0 aliphatic carbocycles. The number of phenolic OH excluding ortho intramolecular Hbond substituents is 1. The summed E-state index contributed by atoms with van der Waals surface area (Å²) >= 11 is 0. The number of phenols is 1. The van der Waals surface area contributed by atoms with Crippen molar-refractivity contribution in [2.24, 2.45) is 0 Å². The number of rotatable bonds is 18. The zero-order valence-electron chi connectivity index (χ0n) is 23.3.